The fourth-order valence-electron chi connectivity index (χ4n) is 2.07. The minimum atomic E-state index is -0.351. The van der Waals surface area contributed by atoms with Gasteiger partial charge in [-0.25, -0.2) is 0 Å². The van der Waals surface area contributed by atoms with E-state index in [0.717, 1.165) is 4.88 Å². The van der Waals surface area contributed by atoms with Crippen LogP contribution in [0.2, 0.25) is 0 Å². The van der Waals surface area contributed by atoms with Crippen LogP contribution in [0.4, 0.5) is 0 Å². The molecule has 104 valence electrons. The molecule has 0 aromatic carbocycles. The minimum Gasteiger partial charge on any atom is -0.377 e. The molecule has 2 aromatic heterocycles. The fraction of sp³-hybridized carbons (Fsp3) is 0.308. The molecule has 1 aliphatic heterocycles. The van der Waals surface area contributed by atoms with Gasteiger partial charge in [-0.2, -0.15) is 4.98 Å². The molecule has 0 N–H and O–H groups in total. The third-order valence-electron chi connectivity index (χ3n) is 3.05. The van der Waals surface area contributed by atoms with E-state index in [4.69, 9.17) is 9.26 Å². The summed E-state index contributed by atoms with van der Waals surface area (Å²) in [5.41, 5.74) is 0. The first kappa shape index (κ1) is 13.0. The van der Waals surface area contributed by atoms with E-state index in [-0.39, 0.29) is 11.9 Å². The molecule has 3 heterocycles. The van der Waals surface area contributed by atoms with Crippen molar-refractivity contribution in [3.05, 3.63) is 36.1 Å². The first-order valence-corrected chi connectivity index (χ1v) is 7.06. The van der Waals surface area contributed by atoms with E-state index in [0.29, 0.717) is 31.5 Å². The first-order valence-electron chi connectivity index (χ1n) is 6.18. The monoisotopic (exact) mass is 291 g/mol. The second-order valence-electron chi connectivity index (χ2n) is 4.26. The quantitative estimate of drug-likeness (QED) is 0.808. The molecule has 6 nitrogen and oxygen atoms in total. The number of ether oxygens (including phenoxy) is 1. The number of nitrogens with zero attached hydrogens (tertiary/aromatic N) is 3. The second kappa shape index (κ2) is 5.56. The number of thiophene rings is 1. The van der Waals surface area contributed by atoms with E-state index in [1.165, 1.54) is 17.4 Å². The summed E-state index contributed by atoms with van der Waals surface area (Å²) in [4.78, 5) is 18.8. The van der Waals surface area contributed by atoms with Crippen molar-refractivity contribution in [2.75, 3.05) is 19.8 Å². The van der Waals surface area contributed by atoms with Crippen molar-refractivity contribution in [3.8, 4) is 10.7 Å². The zero-order valence-electron chi connectivity index (χ0n) is 10.7. The SMILES string of the molecule is C=CC(=O)N1CCOC[C@H]1c1nc(-c2cccs2)no1. The molecular formula is C13H13N3O3S. The predicted molar refractivity (Wildman–Crippen MR) is 73.1 cm³/mol. The number of carbonyl (C=O) groups is 1. The summed E-state index contributed by atoms with van der Waals surface area (Å²) in [5.74, 6) is 0.768. The Morgan fingerprint density at radius 3 is 3.25 bits per heavy atom. The molecule has 1 atom stereocenters. The Hall–Kier alpha value is -1.99. The first-order chi connectivity index (χ1) is 9.79. The number of morpholine rings is 1. The Bertz CT molecular complexity index is 608. The van der Waals surface area contributed by atoms with Crippen LogP contribution in [0.1, 0.15) is 11.9 Å². The molecular weight excluding hydrogens is 278 g/mol. The summed E-state index contributed by atoms with van der Waals surface area (Å²) in [7, 11) is 0. The van der Waals surface area contributed by atoms with Crippen LogP contribution in [0.5, 0.6) is 0 Å². The van der Waals surface area contributed by atoms with Crippen LogP contribution < -0.4 is 0 Å². The number of hydrogen-bond acceptors (Lipinski definition) is 6. The van der Waals surface area contributed by atoms with E-state index < -0.39 is 0 Å². The summed E-state index contributed by atoms with van der Waals surface area (Å²) >= 11 is 1.53. The molecule has 0 bridgehead atoms. The van der Waals surface area contributed by atoms with Crippen LogP contribution in [0.3, 0.4) is 0 Å². The van der Waals surface area contributed by atoms with Crippen LogP contribution in [0, 0.1) is 0 Å². The standard InChI is InChI=1S/C13H13N3O3S/c1-2-11(17)16-5-6-18-8-9(16)13-14-12(15-19-13)10-4-3-7-20-10/h2-4,7,9H,1,5-6,8H2/t9-/m0/s1. The Labute approximate surface area is 119 Å². The highest BCUT2D eigenvalue weighted by Crippen LogP contribution is 2.27. The molecule has 0 spiro atoms. The average molecular weight is 291 g/mol. The fourth-order valence-corrected chi connectivity index (χ4v) is 2.71. The van der Waals surface area contributed by atoms with Gasteiger partial charge in [-0.05, 0) is 17.5 Å². The van der Waals surface area contributed by atoms with E-state index in [2.05, 4.69) is 16.7 Å². The Morgan fingerprint density at radius 2 is 2.50 bits per heavy atom. The van der Waals surface area contributed by atoms with Crippen molar-refractivity contribution in [3.63, 3.8) is 0 Å². The van der Waals surface area contributed by atoms with Crippen LogP contribution in [0.15, 0.2) is 34.7 Å². The van der Waals surface area contributed by atoms with Crippen molar-refractivity contribution in [1.82, 2.24) is 15.0 Å². The molecule has 0 radical (unpaired) electrons. The molecule has 1 fully saturated rings. The third-order valence-corrected chi connectivity index (χ3v) is 3.92. The van der Waals surface area contributed by atoms with E-state index in [1.807, 2.05) is 17.5 Å². The van der Waals surface area contributed by atoms with Gasteiger partial charge in [-0.3, -0.25) is 4.79 Å². The lowest BCUT2D eigenvalue weighted by Gasteiger charge is -2.32. The number of carbonyl (C=O) groups excluding carboxylic acids is 1. The Balaban J connectivity index is 1.87. The molecule has 1 amide bonds. The molecule has 1 aliphatic rings. The molecule has 0 aliphatic carbocycles. The van der Waals surface area contributed by atoms with E-state index in [1.54, 1.807) is 4.90 Å². The third kappa shape index (κ3) is 2.37. The van der Waals surface area contributed by atoms with Crippen molar-refractivity contribution in [2.24, 2.45) is 0 Å². The van der Waals surface area contributed by atoms with E-state index in [9.17, 15) is 4.79 Å². The summed E-state index contributed by atoms with van der Waals surface area (Å²) in [6.45, 7) is 4.86. The van der Waals surface area contributed by atoms with Gasteiger partial charge in [0.25, 0.3) is 5.89 Å². The summed E-state index contributed by atoms with van der Waals surface area (Å²) in [6.07, 6.45) is 1.29. The predicted octanol–water partition coefficient (Wildman–Crippen LogP) is 1.88. The Morgan fingerprint density at radius 1 is 1.60 bits per heavy atom. The number of hydrogen-bond donors (Lipinski definition) is 0. The maximum atomic E-state index is 11.9. The Kier molecular flexibility index (Phi) is 3.62. The number of amides is 1. The molecule has 2 aromatic rings. The molecule has 0 unspecified atom stereocenters. The van der Waals surface area contributed by atoms with Gasteiger partial charge < -0.3 is 14.2 Å². The van der Waals surface area contributed by atoms with Gasteiger partial charge in [0.2, 0.25) is 11.7 Å². The van der Waals surface area contributed by atoms with Crippen molar-refractivity contribution in [1.29, 1.82) is 0 Å². The largest absolute Gasteiger partial charge is 0.377 e. The summed E-state index contributed by atoms with van der Waals surface area (Å²) in [5, 5.41) is 5.91. The highest BCUT2D eigenvalue weighted by molar-refractivity contribution is 7.13. The van der Waals surface area contributed by atoms with Gasteiger partial charge >= 0.3 is 0 Å². The molecule has 0 saturated carbocycles. The lowest BCUT2D eigenvalue weighted by molar-refractivity contribution is -0.135. The topological polar surface area (TPSA) is 68.5 Å². The number of rotatable bonds is 3. The highest BCUT2D eigenvalue weighted by Gasteiger charge is 2.31. The zero-order valence-corrected chi connectivity index (χ0v) is 11.5. The maximum absolute atomic E-state index is 11.9. The van der Waals surface area contributed by atoms with Gasteiger partial charge in [0, 0.05) is 6.54 Å². The molecule has 3 rings (SSSR count). The van der Waals surface area contributed by atoms with Crippen LogP contribution in [-0.2, 0) is 9.53 Å². The normalized spacial score (nSPS) is 19.0. The second-order valence-corrected chi connectivity index (χ2v) is 5.21. The lowest BCUT2D eigenvalue weighted by atomic mass is 10.2. The summed E-state index contributed by atoms with van der Waals surface area (Å²) in [6, 6.07) is 3.49. The molecule has 1 saturated heterocycles. The van der Waals surface area contributed by atoms with Gasteiger partial charge in [0.1, 0.15) is 6.04 Å². The highest BCUT2D eigenvalue weighted by atomic mass is 32.1. The van der Waals surface area contributed by atoms with Crippen LogP contribution >= 0.6 is 11.3 Å². The van der Waals surface area contributed by atoms with Gasteiger partial charge in [-0.1, -0.05) is 17.8 Å². The zero-order chi connectivity index (χ0) is 13.9. The van der Waals surface area contributed by atoms with Gasteiger partial charge in [-0.15, -0.1) is 11.3 Å². The van der Waals surface area contributed by atoms with E-state index >= 15 is 0 Å². The van der Waals surface area contributed by atoms with Gasteiger partial charge in [0.15, 0.2) is 0 Å². The van der Waals surface area contributed by atoms with Crippen molar-refractivity contribution in [2.45, 2.75) is 6.04 Å². The average Bonchev–Trinajstić information content (AvgIpc) is 3.17. The van der Waals surface area contributed by atoms with Crippen molar-refractivity contribution >= 4 is 17.2 Å². The smallest absolute Gasteiger partial charge is 0.252 e. The van der Waals surface area contributed by atoms with Crippen LogP contribution in [0.25, 0.3) is 10.7 Å². The maximum Gasteiger partial charge on any atom is 0.252 e. The molecule has 7 heteroatoms. The number of aromatic nitrogens is 2. The van der Waals surface area contributed by atoms with Crippen LogP contribution in [-0.4, -0.2) is 40.7 Å². The molecule has 20 heavy (non-hydrogen) atoms. The van der Waals surface area contributed by atoms with Crippen molar-refractivity contribution < 1.29 is 14.1 Å². The lowest BCUT2D eigenvalue weighted by Crippen LogP contribution is -2.42. The van der Waals surface area contributed by atoms with Gasteiger partial charge in [0.05, 0.1) is 18.1 Å². The summed E-state index contributed by atoms with van der Waals surface area (Å²) < 4.78 is 10.7. The minimum absolute atomic E-state index is 0.158.